The highest BCUT2D eigenvalue weighted by Crippen LogP contribution is 2.35. The van der Waals surface area contributed by atoms with Gasteiger partial charge in [-0.2, -0.15) is 10.2 Å². The number of aromatic nitrogens is 5. The van der Waals surface area contributed by atoms with E-state index in [1.54, 1.807) is 35.1 Å². The zero-order valence-electron chi connectivity index (χ0n) is 15.4. The van der Waals surface area contributed by atoms with Crippen LogP contribution in [0.15, 0.2) is 55.0 Å². The maximum absolute atomic E-state index is 13.7. The minimum atomic E-state index is -0.341. The summed E-state index contributed by atoms with van der Waals surface area (Å²) >= 11 is 0. The van der Waals surface area contributed by atoms with Crippen LogP contribution in [0.5, 0.6) is 0 Å². The van der Waals surface area contributed by atoms with Gasteiger partial charge in [0.15, 0.2) is 5.65 Å². The van der Waals surface area contributed by atoms with Crippen molar-refractivity contribution in [3.05, 3.63) is 72.1 Å². The first-order valence-electron chi connectivity index (χ1n) is 9.37. The van der Waals surface area contributed by atoms with Crippen LogP contribution < -0.4 is 10.2 Å². The molecule has 3 aromatic heterocycles. The van der Waals surface area contributed by atoms with Gasteiger partial charge in [0.05, 0.1) is 12.2 Å². The average molecular weight is 391 g/mol. The van der Waals surface area contributed by atoms with Gasteiger partial charge >= 0.3 is 0 Å². The number of carbonyl (C=O) groups excluding carboxylic acids is 1. The summed E-state index contributed by atoms with van der Waals surface area (Å²) in [5, 5.41) is 13.6. The van der Waals surface area contributed by atoms with Crippen molar-refractivity contribution in [3.63, 3.8) is 0 Å². The van der Waals surface area contributed by atoms with E-state index in [9.17, 15) is 9.18 Å². The Labute approximate surface area is 165 Å². The molecule has 1 saturated heterocycles. The Hall–Kier alpha value is -3.75. The molecule has 1 aliphatic heterocycles. The van der Waals surface area contributed by atoms with Gasteiger partial charge in [-0.3, -0.25) is 9.89 Å². The van der Waals surface area contributed by atoms with E-state index in [4.69, 9.17) is 4.98 Å². The third-order valence-electron chi connectivity index (χ3n) is 5.12. The van der Waals surface area contributed by atoms with Gasteiger partial charge in [-0.25, -0.2) is 13.9 Å². The second-order valence-corrected chi connectivity index (χ2v) is 6.93. The van der Waals surface area contributed by atoms with Crippen LogP contribution >= 0.6 is 0 Å². The Balaban J connectivity index is 1.47. The first kappa shape index (κ1) is 17.4. The maximum atomic E-state index is 13.7. The zero-order chi connectivity index (χ0) is 19.8. The first-order chi connectivity index (χ1) is 14.2. The number of halogens is 1. The van der Waals surface area contributed by atoms with Gasteiger partial charge in [0.25, 0.3) is 5.91 Å². The fourth-order valence-electron chi connectivity index (χ4n) is 3.78. The van der Waals surface area contributed by atoms with E-state index in [1.165, 1.54) is 6.07 Å². The Bertz CT molecular complexity index is 1170. The van der Waals surface area contributed by atoms with Crippen molar-refractivity contribution in [2.45, 2.75) is 18.9 Å². The van der Waals surface area contributed by atoms with E-state index in [0.717, 1.165) is 30.8 Å². The van der Waals surface area contributed by atoms with Crippen LogP contribution in [0, 0.1) is 5.82 Å². The number of aromatic amines is 1. The van der Waals surface area contributed by atoms with E-state index < -0.39 is 0 Å². The summed E-state index contributed by atoms with van der Waals surface area (Å²) in [6.07, 6.45) is 6.88. The van der Waals surface area contributed by atoms with Gasteiger partial charge in [0.1, 0.15) is 23.0 Å². The number of H-pyrrole nitrogens is 1. The summed E-state index contributed by atoms with van der Waals surface area (Å²) in [4.78, 5) is 19.2. The lowest BCUT2D eigenvalue weighted by atomic mass is 10.0. The largest absolute Gasteiger partial charge is 0.349 e. The van der Waals surface area contributed by atoms with Gasteiger partial charge in [-0.05, 0) is 42.7 Å². The summed E-state index contributed by atoms with van der Waals surface area (Å²) in [6, 6.07) is 10.2. The molecule has 29 heavy (non-hydrogen) atoms. The summed E-state index contributed by atoms with van der Waals surface area (Å²) < 4.78 is 15.3. The lowest BCUT2D eigenvalue weighted by Gasteiger charge is -2.26. The fraction of sp³-hybridized carbons (Fsp3) is 0.200. The number of hydrogen-bond acceptors (Lipinski definition) is 5. The average Bonchev–Trinajstić information content (AvgIpc) is 3.48. The summed E-state index contributed by atoms with van der Waals surface area (Å²) in [7, 11) is 0. The van der Waals surface area contributed by atoms with E-state index in [-0.39, 0.29) is 23.5 Å². The highest BCUT2D eigenvalue weighted by Gasteiger charge is 2.28. The first-order valence-corrected chi connectivity index (χ1v) is 9.37. The number of nitrogens with zero attached hydrogens (tertiary/aromatic N) is 5. The molecule has 5 rings (SSSR count). The van der Waals surface area contributed by atoms with Crippen molar-refractivity contribution in [2.24, 2.45) is 0 Å². The normalized spacial score (nSPS) is 16.4. The second kappa shape index (κ2) is 7.01. The van der Waals surface area contributed by atoms with Crippen LogP contribution in [-0.2, 0) is 0 Å². The Morgan fingerprint density at radius 3 is 3.03 bits per heavy atom. The molecule has 1 unspecified atom stereocenters. The van der Waals surface area contributed by atoms with Crippen molar-refractivity contribution in [2.75, 3.05) is 16.8 Å². The Morgan fingerprint density at radius 1 is 1.28 bits per heavy atom. The molecule has 0 spiro atoms. The van der Waals surface area contributed by atoms with Crippen molar-refractivity contribution in [1.82, 2.24) is 24.8 Å². The molecule has 1 aromatic carbocycles. The number of nitrogens with one attached hydrogen (secondary N) is 2. The Morgan fingerprint density at radius 2 is 2.21 bits per heavy atom. The van der Waals surface area contributed by atoms with Gasteiger partial charge in [0, 0.05) is 18.9 Å². The van der Waals surface area contributed by atoms with Crippen LogP contribution in [0.2, 0.25) is 0 Å². The lowest BCUT2D eigenvalue weighted by molar-refractivity contribution is 0.102. The van der Waals surface area contributed by atoms with Crippen LogP contribution in [0.4, 0.5) is 15.9 Å². The van der Waals surface area contributed by atoms with Gasteiger partial charge in [-0.15, -0.1) is 0 Å². The third-order valence-corrected chi connectivity index (χ3v) is 5.12. The van der Waals surface area contributed by atoms with Gasteiger partial charge < -0.3 is 10.2 Å². The van der Waals surface area contributed by atoms with Crippen molar-refractivity contribution in [1.29, 1.82) is 0 Å². The molecule has 146 valence electrons. The van der Waals surface area contributed by atoms with Gasteiger partial charge in [0.2, 0.25) is 0 Å². The molecule has 0 aliphatic carbocycles. The van der Waals surface area contributed by atoms with Gasteiger partial charge in [-0.1, -0.05) is 12.1 Å². The van der Waals surface area contributed by atoms with Crippen LogP contribution in [-0.4, -0.2) is 37.2 Å². The van der Waals surface area contributed by atoms with Crippen molar-refractivity contribution < 1.29 is 9.18 Å². The SMILES string of the molecule is O=C(Nc1cnn2ccc(N3CCCC3c3cccc(F)c3)nc12)c1cc[nH]n1. The predicted molar refractivity (Wildman–Crippen MR) is 105 cm³/mol. The quantitative estimate of drug-likeness (QED) is 0.558. The monoisotopic (exact) mass is 391 g/mol. The second-order valence-electron chi connectivity index (χ2n) is 6.93. The van der Waals surface area contributed by atoms with Crippen LogP contribution in [0.3, 0.4) is 0 Å². The molecule has 1 amide bonds. The number of amides is 1. The molecule has 1 aliphatic rings. The molecule has 0 radical (unpaired) electrons. The summed E-state index contributed by atoms with van der Waals surface area (Å²) in [5.41, 5.74) is 2.26. The molecule has 0 saturated carbocycles. The molecule has 2 N–H and O–H groups in total. The molecule has 4 aromatic rings. The summed E-state index contributed by atoms with van der Waals surface area (Å²) in [5.74, 6) is 0.184. The molecular weight excluding hydrogens is 373 g/mol. The minimum absolute atomic E-state index is 0.0608. The molecule has 1 fully saturated rings. The molecule has 9 heteroatoms. The molecule has 8 nitrogen and oxygen atoms in total. The number of fused-ring (bicyclic) bond motifs is 1. The standard InChI is InChI=1S/C20H18FN7O/c21-14-4-1-3-13(11-14)17-5-2-9-27(17)18-7-10-28-19(25-18)16(12-23-28)24-20(29)15-6-8-22-26-15/h1,3-4,6-8,10-12,17H,2,5,9H2,(H,22,26)(H,24,29). The van der Waals surface area contributed by atoms with E-state index in [2.05, 4.69) is 25.5 Å². The summed E-state index contributed by atoms with van der Waals surface area (Å²) in [6.45, 7) is 0.827. The van der Waals surface area contributed by atoms with E-state index in [1.807, 2.05) is 18.3 Å². The number of carbonyl (C=O) groups is 1. The highest BCUT2D eigenvalue weighted by atomic mass is 19.1. The molecule has 1 atom stereocenters. The topological polar surface area (TPSA) is 91.2 Å². The fourth-order valence-corrected chi connectivity index (χ4v) is 3.78. The zero-order valence-corrected chi connectivity index (χ0v) is 15.4. The highest BCUT2D eigenvalue weighted by molar-refractivity contribution is 6.04. The smallest absolute Gasteiger partial charge is 0.276 e. The number of rotatable bonds is 4. The van der Waals surface area contributed by atoms with Crippen LogP contribution in [0.25, 0.3) is 5.65 Å². The maximum Gasteiger partial charge on any atom is 0.276 e. The van der Waals surface area contributed by atoms with E-state index >= 15 is 0 Å². The predicted octanol–water partition coefficient (Wildman–Crippen LogP) is 3.19. The lowest BCUT2D eigenvalue weighted by Crippen LogP contribution is -2.24. The van der Waals surface area contributed by atoms with Crippen LogP contribution in [0.1, 0.15) is 34.9 Å². The molecular formula is C20H18FN7O. The van der Waals surface area contributed by atoms with Crippen molar-refractivity contribution in [3.8, 4) is 0 Å². The number of hydrogen-bond donors (Lipinski definition) is 2. The van der Waals surface area contributed by atoms with E-state index in [0.29, 0.717) is 11.3 Å². The minimum Gasteiger partial charge on any atom is -0.349 e. The van der Waals surface area contributed by atoms with Crippen molar-refractivity contribution >= 4 is 23.1 Å². The number of benzene rings is 1. The molecule has 0 bridgehead atoms. The molecule has 4 heterocycles. The Kier molecular flexibility index (Phi) is 4.19. The third kappa shape index (κ3) is 3.20. The number of anilines is 2.